The van der Waals surface area contributed by atoms with Gasteiger partial charge in [0.1, 0.15) is 11.6 Å². The molecule has 2 saturated heterocycles. The van der Waals surface area contributed by atoms with Gasteiger partial charge in [-0.3, -0.25) is 9.58 Å². The summed E-state index contributed by atoms with van der Waals surface area (Å²) in [7, 11) is 1.96. The van der Waals surface area contributed by atoms with Crippen molar-refractivity contribution in [1.29, 1.82) is 0 Å². The third-order valence-electron chi connectivity index (χ3n) is 4.99. The van der Waals surface area contributed by atoms with Crippen LogP contribution >= 0.6 is 0 Å². The molecule has 0 N–H and O–H groups in total. The Kier molecular flexibility index (Phi) is 3.29. The molecule has 0 radical (unpaired) electrons. The van der Waals surface area contributed by atoms with E-state index in [1.165, 1.54) is 19.4 Å². The third kappa shape index (κ3) is 2.17. The fourth-order valence-corrected chi connectivity index (χ4v) is 3.71. The molecule has 1 atom stereocenters. The van der Waals surface area contributed by atoms with E-state index in [0.29, 0.717) is 12.0 Å². The minimum atomic E-state index is 0.325. The Labute approximate surface area is 131 Å². The van der Waals surface area contributed by atoms with Crippen molar-refractivity contribution in [2.45, 2.75) is 38.6 Å². The number of hydrogen-bond donors (Lipinski definition) is 0. The van der Waals surface area contributed by atoms with Crippen molar-refractivity contribution in [3.05, 3.63) is 12.0 Å². The van der Waals surface area contributed by atoms with Gasteiger partial charge in [0.15, 0.2) is 5.65 Å². The van der Waals surface area contributed by atoms with E-state index >= 15 is 0 Å². The first-order valence-electron chi connectivity index (χ1n) is 8.32. The molecule has 0 aromatic carbocycles. The summed E-state index contributed by atoms with van der Waals surface area (Å²) in [6, 6.07) is 0.693. The highest BCUT2D eigenvalue weighted by Gasteiger charge is 2.32. The van der Waals surface area contributed by atoms with Crippen molar-refractivity contribution in [3.63, 3.8) is 0 Å². The van der Waals surface area contributed by atoms with Crippen LogP contribution in [-0.4, -0.2) is 56.9 Å². The second-order valence-corrected chi connectivity index (χ2v) is 6.84. The number of fused-ring (bicyclic) bond motifs is 2. The van der Waals surface area contributed by atoms with Crippen LogP contribution in [-0.2, 0) is 7.05 Å². The van der Waals surface area contributed by atoms with E-state index in [4.69, 9.17) is 9.97 Å². The molecular weight excluding hydrogens is 276 g/mol. The highest BCUT2D eigenvalue weighted by Crippen LogP contribution is 2.29. The molecule has 0 spiro atoms. The molecule has 4 heterocycles. The Morgan fingerprint density at radius 2 is 2.05 bits per heavy atom. The highest BCUT2D eigenvalue weighted by molar-refractivity contribution is 5.87. The molecule has 2 aliphatic rings. The number of anilines is 1. The van der Waals surface area contributed by atoms with Crippen molar-refractivity contribution < 1.29 is 0 Å². The van der Waals surface area contributed by atoms with E-state index in [2.05, 4.69) is 28.7 Å². The van der Waals surface area contributed by atoms with Gasteiger partial charge in [-0.15, -0.1) is 0 Å². The van der Waals surface area contributed by atoms with Crippen LogP contribution in [0.5, 0.6) is 0 Å². The van der Waals surface area contributed by atoms with Gasteiger partial charge in [0.05, 0.1) is 11.6 Å². The average molecular weight is 300 g/mol. The van der Waals surface area contributed by atoms with Crippen molar-refractivity contribution >= 4 is 16.9 Å². The second kappa shape index (κ2) is 5.19. The summed E-state index contributed by atoms with van der Waals surface area (Å²) in [5, 5.41) is 5.48. The van der Waals surface area contributed by atoms with Crippen LogP contribution in [0, 0.1) is 0 Å². The van der Waals surface area contributed by atoms with Gasteiger partial charge in [-0.1, -0.05) is 13.8 Å². The summed E-state index contributed by atoms with van der Waals surface area (Å²) in [6.45, 7) is 8.84. The lowest BCUT2D eigenvalue weighted by atomic mass is 10.1. The van der Waals surface area contributed by atoms with Crippen LogP contribution < -0.4 is 4.90 Å². The Morgan fingerprint density at radius 1 is 1.18 bits per heavy atom. The maximum atomic E-state index is 4.89. The molecule has 118 valence electrons. The van der Waals surface area contributed by atoms with Gasteiger partial charge in [-0.2, -0.15) is 5.10 Å². The molecule has 2 fully saturated rings. The monoisotopic (exact) mass is 300 g/mol. The molecule has 6 heteroatoms. The molecule has 2 aromatic rings. The maximum Gasteiger partial charge on any atom is 0.163 e. The Morgan fingerprint density at radius 3 is 2.86 bits per heavy atom. The predicted octanol–water partition coefficient (Wildman–Crippen LogP) is 1.77. The molecule has 0 saturated carbocycles. The third-order valence-corrected chi connectivity index (χ3v) is 4.99. The van der Waals surface area contributed by atoms with Crippen molar-refractivity contribution in [2.24, 2.45) is 7.05 Å². The summed E-state index contributed by atoms with van der Waals surface area (Å²) in [4.78, 5) is 14.7. The standard InChI is InChI=1S/C16H24N6/c1-11(2)14-18-15-13(9-17-20(15)3)16(19-14)22-8-7-21-6-4-5-12(21)10-22/h9,11-12H,4-8,10H2,1-3H3. The molecular formula is C16H24N6. The highest BCUT2D eigenvalue weighted by atomic mass is 15.3. The van der Waals surface area contributed by atoms with E-state index < -0.39 is 0 Å². The molecule has 0 aliphatic carbocycles. The zero-order valence-electron chi connectivity index (χ0n) is 13.7. The van der Waals surface area contributed by atoms with Gasteiger partial charge in [0.25, 0.3) is 0 Å². The molecule has 0 bridgehead atoms. The number of aromatic nitrogens is 4. The van der Waals surface area contributed by atoms with Crippen LogP contribution in [0.3, 0.4) is 0 Å². The van der Waals surface area contributed by atoms with Gasteiger partial charge in [0.2, 0.25) is 0 Å². The van der Waals surface area contributed by atoms with Gasteiger partial charge < -0.3 is 4.90 Å². The zero-order chi connectivity index (χ0) is 15.3. The fourth-order valence-electron chi connectivity index (χ4n) is 3.71. The summed E-state index contributed by atoms with van der Waals surface area (Å²) in [6.07, 6.45) is 4.56. The Hall–Kier alpha value is -1.69. The van der Waals surface area contributed by atoms with Crippen LogP contribution in [0.4, 0.5) is 5.82 Å². The van der Waals surface area contributed by atoms with E-state index in [0.717, 1.165) is 42.3 Å². The minimum absolute atomic E-state index is 0.325. The summed E-state index contributed by atoms with van der Waals surface area (Å²) in [5.74, 6) is 2.32. The molecule has 1 unspecified atom stereocenters. The minimum Gasteiger partial charge on any atom is -0.353 e. The number of piperazine rings is 1. The van der Waals surface area contributed by atoms with E-state index in [1.807, 2.05) is 17.9 Å². The van der Waals surface area contributed by atoms with Gasteiger partial charge in [-0.05, 0) is 19.4 Å². The largest absolute Gasteiger partial charge is 0.353 e. The predicted molar refractivity (Wildman–Crippen MR) is 87.2 cm³/mol. The molecule has 0 amide bonds. The fraction of sp³-hybridized carbons (Fsp3) is 0.688. The first-order chi connectivity index (χ1) is 10.6. The molecule has 4 rings (SSSR count). The molecule has 22 heavy (non-hydrogen) atoms. The van der Waals surface area contributed by atoms with Crippen LogP contribution in [0.15, 0.2) is 6.20 Å². The quantitative estimate of drug-likeness (QED) is 0.846. The molecule has 2 aliphatic heterocycles. The normalized spacial score (nSPS) is 22.7. The van der Waals surface area contributed by atoms with Crippen molar-refractivity contribution in [3.8, 4) is 0 Å². The average Bonchev–Trinajstić information content (AvgIpc) is 3.12. The first-order valence-corrected chi connectivity index (χ1v) is 8.32. The van der Waals surface area contributed by atoms with Crippen molar-refractivity contribution in [1.82, 2.24) is 24.6 Å². The van der Waals surface area contributed by atoms with E-state index in [-0.39, 0.29) is 0 Å². The summed E-state index contributed by atoms with van der Waals surface area (Å²) < 4.78 is 1.86. The smallest absolute Gasteiger partial charge is 0.163 e. The Bertz CT molecular complexity index is 691. The second-order valence-electron chi connectivity index (χ2n) is 6.84. The number of hydrogen-bond acceptors (Lipinski definition) is 5. The number of nitrogens with zero attached hydrogens (tertiary/aromatic N) is 6. The van der Waals surface area contributed by atoms with Crippen LogP contribution in [0.25, 0.3) is 11.0 Å². The summed E-state index contributed by atoms with van der Waals surface area (Å²) >= 11 is 0. The topological polar surface area (TPSA) is 50.1 Å². The lowest BCUT2D eigenvalue weighted by molar-refractivity contribution is 0.230. The van der Waals surface area contributed by atoms with Gasteiger partial charge in [0, 0.05) is 38.6 Å². The van der Waals surface area contributed by atoms with Crippen molar-refractivity contribution in [2.75, 3.05) is 31.1 Å². The van der Waals surface area contributed by atoms with E-state index in [1.54, 1.807) is 0 Å². The zero-order valence-corrected chi connectivity index (χ0v) is 13.7. The molecule has 6 nitrogen and oxygen atoms in total. The van der Waals surface area contributed by atoms with Crippen LogP contribution in [0.1, 0.15) is 38.4 Å². The molecule has 2 aromatic heterocycles. The SMILES string of the molecule is CC(C)c1nc(N2CCN3CCCC3C2)c2cnn(C)c2n1. The number of rotatable bonds is 2. The Balaban J connectivity index is 1.76. The van der Waals surface area contributed by atoms with E-state index in [9.17, 15) is 0 Å². The first kappa shape index (κ1) is 13.9. The van der Waals surface area contributed by atoms with Crippen LogP contribution in [0.2, 0.25) is 0 Å². The maximum absolute atomic E-state index is 4.89. The number of aryl methyl sites for hydroxylation is 1. The lowest BCUT2D eigenvalue weighted by Gasteiger charge is -2.38. The summed E-state index contributed by atoms with van der Waals surface area (Å²) in [5.41, 5.74) is 0.947. The van der Waals surface area contributed by atoms with Gasteiger partial charge in [-0.25, -0.2) is 9.97 Å². The lowest BCUT2D eigenvalue weighted by Crippen LogP contribution is -2.50. The van der Waals surface area contributed by atoms with Gasteiger partial charge >= 0.3 is 0 Å².